The number of hydrogen-bond donors (Lipinski definition) is 0. The monoisotopic (exact) mass is 725 g/mol. The maximum absolute atomic E-state index is 14.4. The van der Waals surface area contributed by atoms with Crippen molar-refractivity contribution in [2.75, 3.05) is 6.61 Å². The van der Waals surface area contributed by atoms with Gasteiger partial charge in [-0.05, 0) is 63.4 Å². The van der Waals surface area contributed by atoms with E-state index in [1.54, 1.807) is 0 Å². The number of benzene rings is 4. The molecule has 0 bridgehead atoms. The van der Waals surface area contributed by atoms with Crippen LogP contribution in [-0.2, 0) is 35.6 Å². The Kier molecular flexibility index (Phi) is 10.2. The average Bonchev–Trinajstić information content (AvgIpc) is 3.46. The van der Waals surface area contributed by atoms with E-state index in [2.05, 4.69) is 32.6 Å². The van der Waals surface area contributed by atoms with E-state index in [1.165, 1.54) is 11.2 Å². The summed E-state index contributed by atoms with van der Waals surface area (Å²) in [5.41, 5.74) is 4.20. The molecule has 232 valence electrons. The molecular formula is C37H32IN3O5. The zero-order chi connectivity index (χ0) is 31.7. The fraction of sp³-hybridized carbons (Fsp3) is 0.189. The van der Waals surface area contributed by atoms with Gasteiger partial charge in [0.25, 0.3) is 5.88 Å². The van der Waals surface area contributed by atoms with Crippen molar-refractivity contribution in [1.29, 1.82) is 0 Å². The molecule has 1 aromatic heterocycles. The molecule has 46 heavy (non-hydrogen) atoms. The normalized spacial score (nSPS) is 14.8. The van der Waals surface area contributed by atoms with Gasteiger partial charge in [0.05, 0.1) is 17.7 Å². The van der Waals surface area contributed by atoms with Crippen LogP contribution in [0.4, 0.5) is 4.79 Å². The number of cyclic esters (lactones) is 1. The Bertz CT molecular complexity index is 1760. The minimum absolute atomic E-state index is 0.134. The van der Waals surface area contributed by atoms with Gasteiger partial charge >= 0.3 is 6.09 Å². The minimum atomic E-state index is -0.753. The van der Waals surface area contributed by atoms with Crippen molar-refractivity contribution < 1.29 is 23.8 Å². The van der Waals surface area contributed by atoms with Gasteiger partial charge in [0.15, 0.2) is 0 Å². The molecule has 2 amide bonds. The van der Waals surface area contributed by atoms with Gasteiger partial charge in [-0.2, -0.15) is 4.98 Å². The molecular weight excluding hydrogens is 693 g/mol. The Labute approximate surface area is 281 Å². The van der Waals surface area contributed by atoms with Crippen LogP contribution in [0.5, 0.6) is 11.6 Å². The molecule has 1 fully saturated rings. The fourth-order valence-corrected chi connectivity index (χ4v) is 5.77. The molecule has 1 aliphatic heterocycles. The number of carbonyl (C=O) groups excluding carboxylic acids is 2. The van der Waals surface area contributed by atoms with Crippen LogP contribution in [-0.4, -0.2) is 39.5 Å². The SMILES string of the molecule is O=C1OC[C@@H](Cc2ccccc2)N1C(=O)[C@H](Cc1ncnc(OCc2ccccc2)c1OCc1ccccc1)c1ccc(I)cc1. The predicted molar refractivity (Wildman–Crippen MR) is 181 cm³/mol. The van der Waals surface area contributed by atoms with Crippen molar-refractivity contribution in [3.8, 4) is 11.6 Å². The highest BCUT2D eigenvalue weighted by Gasteiger charge is 2.41. The molecule has 8 nitrogen and oxygen atoms in total. The third-order valence-corrected chi connectivity index (χ3v) is 8.49. The first kappa shape index (κ1) is 31.2. The second kappa shape index (κ2) is 15.0. The van der Waals surface area contributed by atoms with Gasteiger partial charge in [-0.15, -0.1) is 0 Å². The van der Waals surface area contributed by atoms with E-state index in [0.717, 1.165) is 25.8 Å². The highest BCUT2D eigenvalue weighted by Crippen LogP contribution is 2.35. The lowest BCUT2D eigenvalue weighted by molar-refractivity contribution is -0.130. The molecule has 2 heterocycles. The summed E-state index contributed by atoms with van der Waals surface area (Å²) in [4.78, 5) is 37.8. The minimum Gasteiger partial charge on any atom is -0.482 e. The van der Waals surface area contributed by atoms with Gasteiger partial charge in [0.1, 0.15) is 26.1 Å². The molecule has 1 saturated heterocycles. The molecule has 0 spiro atoms. The standard InChI is InChI=1S/C37H32IN3O5/c38-30-18-16-29(17-19-30)32(36(42)41-31(24-46-37(41)43)20-26-10-4-1-5-11-26)21-33-34(44-22-27-12-6-2-7-13-27)35(40-25-39-33)45-23-28-14-8-3-9-15-28/h1-19,25,31-32H,20-24H2/t31-,32-/m1/s1. The summed E-state index contributed by atoms with van der Waals surface area (Å²) in [7, 11) is 0. The van der Waals surface area contributed by atoms with E-state index in [1.807, 2.05) is 115 Å². The largest absolute Gasteiger partial charge is 0.482 e. The quantitative estimate of drug-likeness (QED) is 0.126. The van der Waals surface area contributed by atoms with E-state index in [9.17, 15) is 9.59 Å². The van der Waals surface area contributed by atoms with Crippen molar-refractivity contribution in [3.05, 3.63) is 153 Å². The Balaban J connectivity index is 1.34. The van der Waals surface area contributed by atoms with Gasteiger partial charge in [-0.3, -0.25) is 4.79 Å². The molecule has 9 heteroatoms. The summed E-state index contributed by atoms with van der Waals surface area (Å²) >= 11 is 2.23. The second-order valence-corrected chi connectivity index (χ2v) is 12.2. The van der Waals surface area contributed by atoms with Crippen molar-refractivity contribution in [2.24, 2.45) is 0 Å². The number of nitrogens with zero attached hydrogens (tertiary/aromatic N) is 3. The number of imide groups is 1. The van der Waals surface area contributed by atoms with Crippen LogP contribution in [0.2, 0.25) is 0 Å². The molecule has 0 unspecified atom stereocenters. The van der Waals surface area contributed by atoms with Gasteiger partial charge in [-0.25, -0.2) is 14.7 Å². The van der Waals surface area contributed by atoms with Crippen molar-refractivity contribution in [3.63, 3.8) is 0 Å². The van der Waals surface area contributed by atoms with Gasteiger partial charge in [0, 0.05) is 9.99 Å². The molecule has 2 atom stereocenters. The molecule has 6 rings (SSSR count). The fourth-order valence-electron chi connectivity index (χ4n) is 5.41. The number of aromatic nitrogens is 2. The summed E-state index contributed by atoms with van der Waals surface area (Å²) in [6, 6.07) is 36.6. The molecule has 1 aliphatic rings. The zero-order valence-corrected chi connectivity index (χ0v) is 27.2. The summed E-state index contributed by atoms with van der Waals surface area (Å²) in [6.07, 6.45) is 1.42. The number of rotatable bonds is 12. The highest BCUT2D eigenvalue weighted by molar-refractivity contribution is 14.1. The average molecular weight is 726 g/mol. The Hall–Kier alpha value is -4.77. The van der Waals surface area contributed by atoms with Gasteiger partial charge in [0.2, 0.25) is 11.7 Å². The van der Waals surface area contributed by atoms with Crippen molar-refractivity contribution in [1.82, 2.24) is 14.9 Å². The van der Waals surface area contributed by atoms with Gasteiger partial charge in [-0.1, -0.05) is 103 Å². The maximum Gasteiger partial charge on any atom is 0.417 e. The smallest absolute Gasteiger partial charge is 0.417 e. The number of amides is 2. The van der Waals surface area contributed by atoms with E-state index < -0.39 is 18.1 Å². The lowest BCUT2D eigenvalue weighted by atomic mass is 9.91. The van der Waals surface area contributed by atoms with Crippen molar-refractivity contribution in [2.45, 2.75) is 38.0 Å². The van der Waals surface area contributed by atoms with Crippen LogP contribution in [0.3, 0.4) is 0 Å². The lowest BCUT2D eigenvalue weighted by Crippen LogP contribution is -2.43. The first-order valence-electron chi connectivity index (χ1n) is 15.0. The number of halogens is 1. The highest BCUT2D eigenvalue weighted by atomic mass is 127. The molecule has 0 N–H and O–H groups in total. The van der Waals surface area contributed by atoms with Crippen LogP contribution < -0.4 is 9.47 Å². The third kappa shape index (κ3) is 7.71. The third-order valence-electron chi connectivity index (χ3n) is 7.77. The number of ether oxygens (including phenoxy) is 3. The molecule has 0 radical (unpaired) electrons. The van der Waals surface area contributed by atoms with Crippen molar-refractivity contribution >= 4 is 34.6 Å². The topological polar surface area (TPSA) is 90.9 Å². The predicted octanol–water partition coefficient (Wildman–Crippen LogP) is 7.16. The van der Waals surface area contributed by atoms with Gasteiger partial charge < -0.3 is 14.2 Å². The Morgan fingerprint density at radius 1 is 0.804 bits per heavy atom. The zero-order valence-electron chi connectivity index (χ0n) is 25.0. The van der Waals surface area contributed by atoms with E-state index >= 15 is 0 Å². The first-order valence-corrected chi connectivity index (χ1v) is 16.1. The number of hydrogen-bond acceptors (Lipinski definition) is 7. The molecule has 5 aromatic rings. The maximum atomic E-state index is 14.4. The van der Waals surface area contributed by atoms with Crippen LogP contribution in [0.15, 0.2) is 122 Å². The summed E-state index contributed by atoms with van der Waals surface area (Å²) < 4.78 is 19.0. The Morgan fingerprint density at radius 3 is 2.02 bits per heavy atom. The van der Waals surface area contributed by atoms with E-state index in [0.29, 0.717) is 17.9 Å². The lowest BCUT2D eigenvalue weighted by Gasteiger charge is -2.26. The molecule has 0 aliphatic carbocycles. The Morgan fingerprint density at radius 2 is 1.39 bits per heavy atom. The second-order valence-electron chi connectivity index (χ2n) is 10.9. The number of carbonyl (C=O) groups is 2. The van der Waals surface area contributed by atoms with Crippen LogP contribution >= 0.6 is 22.6 Å². The summed E-state index contributed by atoms with van der Waals surface area (Å²) in [5, 5.41) is 0. The molecule has 4 aromatic carbocycles. The molecule has 0 saturated carbocycles. The van der Waals surface area contributed by atoms with Crippen LogP contribution in [0.25, 0.3) is 0 Å². The summed E-state index contributed by atoms with van der Waals surface area (Å²) in [6.45, 7) is 0.664. The van der Waals surface area contributed by atoms with E-state index in [4.69, 9.17) is 14.2 Å². The van der Waals surface area contributed by atoms with Crippen LogP contribution in [0, 0.1) is 3.57 Å². The summed E-state index contributed by atoms with van der Waals surface area (Å²) in [5.74, 6) is -0.475. The van der Waals surface area contributed by atoms with E-state index in [-0.39, 0.29) is 38.0 Å². The first-order chi connectivity index (χ1) is 22.5. The van der Waals surface area contributed by atoms with Crippen LogP contribution in [0.1, 0.15) is 33.9 Å².